The molecule has 5 heteroatoms. The molecule has 0 saturated heterocycles. The van der Waals surface area contributed by atoms with Gasteiger partial charge in [0.15, 0.2) is 0 Å². The van der Waals surface area contributed by atoms with Crippen molar-refractivity contribution in [3.05, 3.63) is 23.9 Å². The lowest BCUT2D eigenvalue weighted by atomic mass is 9.85. The standard InChI is InChI=1S/C19H29N3O2/c1-2-24-19-15(10-7-13-20-19)18(23)22-17-12-11-16(17)21-14-8-5-3-4-6-9-14/h7,10,13-14,16-17,21H,2-6,8-9,11-12H2,1H3,(H,22,23)/t16-,17+/m1/s1. The molecule has 1 amide bonds. The third kappa shape index (κ3) is 4.26. The van der Waals surface area contributed by atoms with Crippen molar-refractivity contribution in [3.63, 3.8) is 0 Å². The molecule has 1 aromatic heterocycles. The van der Waals surface area contributed by atoms with Gasteiger partial charge in [0.1, 0.15) is 5.56 Å². The Hall–Kier alpha value is -1.62. The first-order valence-electron chi connectivity index (χ1n) is 9.42. The fraction of sp³-hybridized carbons (Fsp3) is 0.684. The van der Waals surface area contributed by atoms with Crippen LogP contribution in [0.15, 0.2) is 18.3 Å². The van der Waals surface area contributed by atoms with Crippen molar-refractivity contribution in [2.24, 2.45) is 0 Å². The van der Waals surface area contributed by atoms with E-state index in [0.717, 1.165) is 12.8 Å². The predicted molar refractivity (Wildman–Crippen MR) is 94.3 cm³/mol. The topological polar surface area (TPSA) is 63.2 Å². The van der Waals surface area contributed by atoms with E-state index in [4.69, 9.17) is 4.74 Å². The quantitative estimate of drug-likeness (QED) is 0.787. The normalized spacial score (nSPS) is 24.7. The molecule has 1 heterocycles. The van der Waals surface area contributed by atoms with Crippen LogP contribution in [0.3, 0.4) is 0 Å². The van der Waals surface area contributed by atoms with Gasteiger partial charge in [-0.2, -0.15) is 0 Å². The lowest BCUT2D eigenvalue weighted by molar-refractivity contribution is 0.0883. The lowest BCUT2D eigenvalue weighted by Gasteiger charge is -2.40. The highest BCUT2D eigenvalue weighted by molar-refractivity contribution is 5.96. The van der Waals surface area contributed by atoms with Crippen LogP contribution in [0.5, 0.6) is 5.88 Å². The van der Waals surface area contributed by atoms with Crippen molar-refractivity contribution < 1.29 is 9.53 Å². The highest BCUT2D eigenvalue weighted by Gasteiger charge is 2.34. The van der Waals surface area contributed by atoms with Crippen LogP contribution in [0.1, 0.15) is 68.6 Å². The molecule has 5 nitrogen and oxygen atoms in total. The summed E-state index contributed by atoms with van der Waals surface area (Å²) in [4.78, 5) is 16.7. The number of nitrogens with zero attached hydrogens (tertiary/aromatic N) is 1. The van der Waals surface area contributed by atoms with Gasteiger partial charge in [0, 0.05) is 24.3 Å². The van der Waals surface area contributed by atoms with E-state index in [9.17, 15) is 4.79 Å². The van der Waals surface area contributed by atoms with Gasteiger partial charge < -0.3 is 15.4 Å². The van der Waals surface area contributed by atoms with Gasteiger partial charge in [0.25, 0.3) is 5.91 Å². The number of rotatable bonds is 6. The molecular formula is C19H29N3O2. The first kappa shape index (κ1) is 17.2. The average Bonchev–Trinajstić information content (AvgIpc) is 2.86. The average molecular weight is 331 g/mol. The number of aromatic nitrogens is 1. The summed E-state index contributed by atoms with van der Waals surface area (Å²) in [5, 5.41) is 6.95. The number of carbonyl (C=O) groups is 1. The minimum Gasteiger partial charge on any atom is -0.477 e. The molecule has 0 aliphatic heterocycles. The second-order valence-electron chi connectivity index (χ2n) is 6.91. The summed E-state index contributed by atoms with van der Waals surface area (Å²) in [6.45, 7) is 2.40. The number of ether oxygens (including phenoxy) is 1. The Morgan fingerprint density at radius 2 is 1.92 bits per heavy atom. The Balaban J connectivity index is 1.54. The first-order chi connectivity index (χ1) is 11.8. The van der Waals surface area contributed by atoms with Gasteiger partial charge in [0.2, 0.25) is 5.88 Å². The van der Waals surface area contributed by atoms with E-state index < -0.39 is 0 Å². The number of hydrogen-bond acceptors (Lipinski definition) is 4. The SMILES string of the molecule is CCOc1ncccc1C(=O)N[C@H]1CC[C@H]1NC1CCCCCC1. The van der Waals surface area contributed by atoms with E-state index in [2.05, 4.69) is 15.6 Å². The van der Waals surface area contributed by atoms with Crippen LogP contribution < -0.4 is 15.4 Å². The van der Waals surface area contributed by atoms with Crippen molar-refractivity contribution in [1.82, 2.24) is 15.6 Å². The molecule has 2 aliphatic carbocycles. The zero-order valence-corrected chi connectivity index (χ0v) is 14.6. The van der Waals surface area contributed by atoms with Crippen LogP contribution in [0.4, 0.5) is 0 Å². The second-order valence-corrected chi connectivity index (χ2v) is 6.91. The molecule has 3 rings (SSSR count). The molecule has 0 unspecified atom stereocenters. The molecular weight excluding hydrogens is 302 g/mol. The maximum absolute atomic E-state index is 12.6. The fourth-order valence-corrected chi connectivity index (χ4v) is 3.68. The van der Waals surface area contributed by atoms with Gasteiger partial charge in [-0.1, -0.05) is 25.7 Å². The van der Waals surface area contributed by atoms with Crippen LogP contribution in [-0.2, 0) is 0 Å². The minimum atomic E-state index is -0.0797. The first-order valence-corrected chi connectivity index (χ1v) is 9.42. The van der Waals surface area contributed by atoms with E-state index in [-0.39, 0.29) is 11.9 Å². The number of hydrogen-bond donors (Lipinski definition) is 2. The van der Waals surface area contributed by atoms with E-state index in [1.165, 1.54) is 38.5 Å². The Morgan fingerprint density at radius 1 is 1.17 bits per heavy atom. The van der Waals surface area contributed by atoms with E-state index >= 15 is 0 Å². The molecule has 0 radical (unpaired) electrons. The van der Waals surface area contributed by atoms with Crippen LogP contribution in [-0.4, -0.2) is 35.6 Å². The highest BCUT2D eigenvalue weighted by Crippen LogP contribution is 2.25. The zero-order valence-electron chi connectivity index (χ0n) is 14.6. The summed E-state index contributed by atoms with van der Waals surface area (Å²) in [5.74, 6) is 0.342. The smallest absolute Gasteiger partial charge is 0.257 e. The van der Waals surface area contributed by atoms with Gasteiger partial charge in [-0.05, 0) is 44.7 Å². The highest BCUT2D eigenvalue weighted by atomic mass is 16.5. The summed E-state index contributed by atoms with van der Waals surface area (Å²) in [5.41, 5.74) is 0.527. The maximum Gasteiger partial charge on any atom is 0.257 e. The molecule has 2 saturated carbocycles. The number of nitrogens with one attached hydrogen (secondary N) is 2. The molecule has 2 fully saturated rings. The Kier molecular flexibility index (Phi) is 6.07. The molecule has 24 heavy (non-hydrogen) atoms. The number of pyridine rings is 1. The Morgan fingerprint density at radius 3 is 2.58 bits per heavy atom. The molecule has 1 aromatic rings. The lowest BCUT2D eigenvalue weighted by Crippen LogP contribution is -2.58. The molecule has 0 spiro atoms. The fourth-order valence-electron chi connectivity index (χ4n) is 3.68. The monoisotopic (exact) mass is 331 g/mol. The van der Waals surface area contributed by atoms with Gasteiger partial charge in [-0.3, -0.25) is 4.79 Å². The molecule has 0 aromatic carbocycles. The summed E-state index contributed by atoms with van der Waals surface area (Å²) < 4.78 is 5.47. The third-order valence-electron chi connectivity index (χ3n) is 5.19. The number of carbonyl (C=O) groups excluding carboxylic acids is 1. The second kappa shape index (κ2) is 8.47. The van der Waals surface area contributed by atoms with E-state index in [1.54, 1.807) is 18.3 Å². The number of amides is 1. The van der Waals surface area contributed by atoms with Gasteiger partial charge in [0.05, 0.1) is 6.61 Å². The summed E-state index contributed by atoms with van der Waals surface area (Å²) in [6, 6.07) is 4.80. The van der Waals surface area contributed by atoms with Gasteiger partial charge in [-0.15, -0.1) is 0 Å². The van der Waals surface area contributed by atoms with Crippen LogP contribution >= 0.6 is 0 Å². The van der Waals surface area contributed by atoms with E-state index in [1.807, 2.05) is 6.92 Å². The van der Waals surface area contributed by atoms with Crippen molar-refractivity contribution in [3.8, 4) is 5.88 Å². The van der Waals surface area contributed by atoms with Crippen molar-refractivity contribution in [1.29, 1.82) is 0 Å². The summed E-state index contributed by atoms with van der Waals surface area (Å²) >= 11 is 0. The van der Waals surface area contributed by atoms with Crippen molar-refractivity contribution in [2.45, 2.75) is 76.4 Å². The van der Waals surface area contributed by atoms with Crippen LogP contribution in [0.25, 0.3) is 0 Å². The van der Waals surface area contributed by atoms with Crippen LogP contribution in [0, 0.1) is 0 Å². The molecule has 0 bridgehead atoms. The zero-order chi connectivity index (χ0) is 16.8. The molecule has 132 valence electrons. The van der Waals surface area contributed by atoms with Gasteiger partial charge in [-0.25, -0.2) is 4.98 Å². The van der Waals surface area contributed by atoms with Crippen molar-refractivity contribution in [2.75, 3.05) is 6.61 Å². The minimum absolute atomic E-state index is 0.0797. The maximum atomic E-state index is 12.6. The van der Waals surface area contributed by atoms with E-state index in [0.29, 0.717) is 30.1 Å². The summed E-state index contributed by atoms with van der Waals surface area (Å²) in [7, 11) is 0. The third-order valence-corrected chi connectivity index (χ3v) is 5.19. The largest absolute Gasteiger partial charge is 0.477 e. The van der Waals surface area contributed by atoms with Crippen molar-refractivity contribution >= 4 is 5.91 Å². The Bertz CT molecular complexity index is 541. The summed E-state index contributed by atoms with van der Waals surface area (Å²) in [6.07, 6.45) is 11.8. The molecule has 2 atom stereocenters. The van der Waals surface area contributed by atoms with Crippen LogP contribution in [0.2, 0.25) is 0 Å². The van der Waals surface area contributed by atoms with Gasteiger partial charge >= 0.3 is 0 Å². The molecule has 2 N–H and O–H groups in total. The Labute approximate surface area is 144 Å². The predicted octanol–water partition coefficient (Wildman–Crippen LogP) is 3.05. The molecule has 2 aliphatic rings.